The summed E-state index contributed by atoms with van der Waals surface area (Å²) < 4.78 is 62.3. The summed E-state index contributed by atoms with van der Waals surface area (Å²) in [4.78, 5) is 15.6. The van der Waals surface area contributed by atoms with Gasteiger partial charge in [-0.25, -0.2) is 27.1 Å². The molecule has 0 amide bonds. The first-order valence-electron chi connectivity index (χ1n) is 13.0. The van der Waals surface area contributed by atoms with E-state index in [0.717, 1.165) is 6.54 Å². The van der Waals surface area contributed by atoms with Crippen LogP contribution in [0.5, 0.6) is 0 Å². The first-order valence-corrected chi connectivity index (χ1v) is 13.0. The largest absolute Gasteiger partial charge is 0.377 e. The number of anilines is 1. The summed E-state index contributed by atoms with van der Waals surface area (Å²) >= 11 is 0. The van der Waals surface area contributed by atoms with Gasteiger partial charge in [0.25, 0.3) is 6.43 Å². The molecule has 0 aliphatic carbocycles. The topological polar surface area (TPSA) is 92.0 Å². The van der Waals surface area contributed by atoms with Crippen LogP contribution in [0.25, 0.3) is 16.8 Å². The Morgan fingerprint density at radius 2 is 2.08 bits per heavy atom. The van der Waals surface area contributed by atoms with Crippen molar-refractivity contribution in [2.24, 2.45) is 4.99 Å². The molecule has 0 unspecified atom stereocenters. The fourth-order valence-electron chi connectivity index (χ4n) is 5.50. The summed E-state index contributed by atoms with van der Waals surface area (Å²) in [7, 11) is 0. The molecule has 0 aromatic carbocycles. The number of likely N-dealkylation sites (tertiary alicyclic amines) is 1. The minimum Gasteiger partial charge on any atom is -0.377 e. The molecular formula is C26H30F4N8O. The number of aliphatic imine (C=N–C) groups is 1. The third kappa shape index (κ3) is 4.98. The summed E-state index contributed by atoms with van der Waals surface area (Å²) in [5.74, 6) is -0.330. The maximum absolute atomic E-state index is 15.2. The Morgan fingerprint density at radius 3 is 2.79 bits per heavy atom. The Labute approximate surface area is 222 Å². The first-order chi connectivity index (χ1) is 18.7. The van der Waals surface area contributed by atoms with Crippen LogP contribution in [-0.4, -0.2) is 93.3 Å². The highest BCUT2D eigenvalue weighted by Gasteiger charge is 2.43. The zero-order valence-corrected chi connectivity index (χ0v) is 21.7. The number of ether oxygens (including phenoxy) is 1. The number of hydrogen-bond donors (Lipinski definition) is 2. The molecule has 3 aromatic heterocycles. The molecule has 0 saturated carbocycles. The van der Waals surface area contributed by atoms with Gasteiger partial charge >= 0.3 is 0 Å². The summed E-state index contributed by atoms with van der Waals surface area (Å²) in [6.07, 6.45) is 0.0720. The Morgan fingerprint density at radius 1 is 1.26 bits per heavy atom. The van der Waals surface area contributed by atoms with Crippen LogP contribution >= 0.6 is 0 Å². The molecule has 0 radical (unpaired) electrons. The standard InChI is InChI=1S/C26H30F4N8O/c1-14-20(31-9-23(29)30)7-21-18(33-14)3-4-19(34-21)24-16(28)11-38-22(24)8-32-25(36-38)35-17-5-6-37(10-15(17)27)26(2)12-39-13-26/h3-4,8,11,15,17,20,23,31H,5-7,9-10,12-13H2,1-2H3,(H,35,36)/t15-,17+,20+/m1/s1. The number of hydrogen-bond acceptors (Lipinski definition) is 8. The van der Waals surface area contributed by atoms with Crippen LogP contribution in [0, 0.1) is 5.82 Å². The SMILES string of the molecule is CC1=Nc2ccc(-c3c(F)cn4nc(N[C@H]5CCN(C6(C)COC6)C[C@H]5F)ncc34)nc2C[C@@H]1NCC(F)F. The van der Waals surface area contributed by atoms with Gasteiger partial charge in [0.2, 0.25) is 5.95 Å². The van der Waals surface area contributed by atoms with E-state index in [2.05, 4.69) is 42.5 Å². The quantitative estimate of drug-likeness (QED) is 0.439. The predicted octanol–water partition coefficient (Wildman–Crippen LogP) is 3.42. The zero-order chi connectivity index (χ0) is 27.3. The van der Waals surface area contributed by atoms with Crippen molar-refractivity contribution in [1.29, 1.82) is 0 Å². The molecule has 208 valence electrons. The lowest BCUT2D eigenvalue weighted by Crippen LogP contribution is -2.64. The van der Waals surface area contributed by atoms with Crippen LogP contribution in [0.15, 0.2) is 29.5 Å². The number of alkyl halides is 3. The minimum atomic E-state index is -2.48. The molecule has 6 rings (SSSR count). The van der Waals surface area contributed by atoms with E-state index in [4.69, 9.17) is 4.74 Å². The zero-order valence-electron chi connectivity index (χ0n) is 21.7. The second kappa shape index (κ2) is 10.1. The number of halogens is 4. The molecule has 3 aliphatic heterocycles. The van der Waals surface area contributed by atoms with Crippen LogP contribution in [0.3, 0.4) is 0 Å². The van der Waals surface area contributed by atoms with Gasteiger partial charge in [-0.15, -0.1) is 5.10 Å². The highest BCUT2D eigenvalue weighted by atomic mass is 19.3. The van der Waals surface area contributed by atoms with E-state index in [-0.39, 0.29) is 23.1 Å². The summed E-state index contributed by atoms with van der Waals surface area (Å²) in [6.45, 7) is 5.67. The fourth-order valence-corrected chi connectivity index (χ4v) is 5.50. The number of nitrogens with one attached hydrogen (secondary N) is 2. The van der Waals surface area contributed by atoms with Gasteiger partial charge < -0.3 is 15.4 Å². The minimum absolute atomic E-state index is 0.108. The van der Waals surface area contributed by atoms with Gasteiger partial charge in [-0.2, -0.15) is 0 Å². The molecular weight excluding hydrogens is 516 g/mol. The van der Waals surface area contributed by atoms with Crippen molar-refractivity contribution in [2.75, 3.05) is 38.2 Å². The average molecular weight is 547 g/mol. The number of rotatable bonds is 7. The molecule has 3 aromatic rings. The van der Waals surface area contributed by atoms with E-state index in [1.165, 1.54) is 16.9 Å². The lowest BCUT2D eigenvalue weighted by molar-refractivity contribution is -0.142. The monoisotopic (exact) mass is 546 g/mol. The van der Waals surface area contributed by atoms with Gasteiger partial charge in [-0.3, -0.25) is 14.9 Å². The van der Waals surface area contributed by atoms with Crippen molar-refractivity contribution in [2.45, 2.75) is 56.9 Å². The van der Waals surface area contributed by atoms with Crippen molar-refractivity contribution < 1.29 is 22.3 Å². The van der Waals surface area contributed by atoms with Crippen molar-refractivity contribution in [1.82, 2.24) is 29.8 Å². The summed E-state index contributed by atoms with van der Waals surface area (Å²) in [5.41, 5.74) is 2.79. The Kier molecular flexibility index (Phi) is 6.76. The number of pyridine rings is 1. The van der Waals surface area contributed by atoms with Crippen LogP contribution < -0.4 is 10.6 Å². The van der Waals surface area contributed by atoms with E-state index in [0.29, 0.717) is 60.9 Å². The number of nitrogens with zero attached hydrogens (tertiary/aromatic N) is 6. The lowest BCUT2D eigenvalue weighted by atomic mass is 9.92. The first kappa shape index (κ1) is 26.1. The molecule has 0 bridgehead atoms. The summed E-state index contributed by atoms with van der Waals surface area (Å²) in [5, 5.41) is 10.3. The molecule has 9 nitrogen and oxygen atoms in total. The molecule has 6 heterocycles. The molecule has 3 atom stereocenters. The van der Waals surface area contributed by atoms with E-state index in [1.54, 1.807) is 19.1 Å². The van der Waals surface area contributed by atoms with Crippen molar-refractivity contribution in [3.8, 4) is 11.3 Å². The predicted molar refractivity (Wildman–Crippen MR) is 138 cm³/mol. The molecule has 0 spiro atoms. The van der Waals surface area contributed by atoms with E-state index in [9.17, 15) is 8.78 Å². The van der Waals surface area contributed by atoms with Crippen molar-refractivity contribution in [3.05, 3.63) is 36.0 Å². The highest BCUT2D eigenvalue weighted by Crippen LogP contribution is 2.33. The van der Waals surface area contributed by atoms with E-state index in [1.807, 2.05) is 0 Å². The number of fused-ring (bicyclic) bond motifs is 2. The molecule has 13 heteroatoms. The fraction of sp³-hybridized carbons (Fsp3) is 0.538. The third-order valence-electron chi connectivity index (χ3n) is 7.86. The second-order valence-electron chi connectivity index (χ2n) is 10.7. The maximum atomic E-state index is 15.2. The highest BCUT2D eigenvalue weighted by molar-refractivity contribution is 5.92. The van der Waals surface area contributed by atoms with Crippen LogP contribution in [0.2, 0.25) is 0 Å². The normalized spacial score (nSPS) is 24.9. The molecule has 2 fully saturated rings. The lowest BCUT2D eigenvalue weighted by Gasteiger charge is -2.50. The van der Waals surface area contributed by atoms with Gasteiger partial charge in [-0.05, 0) is 32.4 Å². The molecule has 39 heavy (non-hydrogen) atoms. The van der Waals surface area contributed by atoms with Gasteiger partial charge in [0.15, 0.2) is 5.82 Å². The van der Waals surface area contributed by atoms with Crippen LogP contribution in [-0.2, 0) is 11.2 Å². The Bertz CT molecular complexity index is 1410. The van der Waals surface area contributed by atoms with Crippen LogP contribution in [0.1, 0.15) is 26.0 Å². The smallest absolute Gasteiger partial charge is 0.250 e. The van der Waals surface area contributed by atoms with Gasteiger partial charge in [-0.1, -0.05) is 0 Å². The van der Waals surface area contributed by atoms with Gasteiger partial charge in [0, 0.05) is 25.2 Å². The third-order valence-corrected chi connectivity index (χ3v) is 7.86. The van der Waals surface area contributed by atoms with Crippen molar-refractivity contribution >= 4 is 22.9 Å². The van der Waals surface area contributed by atoms with E-state index >= 15 is 8.78 Å². The molecule has 3 aliphatic rings. The maximum Gasteiger partial charge on any atom is 0.250 e. The van der Waals surface area contributed by atoms with Crippen molar-refractivity contribution in [3.63, 3.8) is 0 Å². The summed E-state index contributed by atoms with van der Waals surface area (Å²) in [6, 6.07) is 2.58. The number of aromatic nitrogens is 4. The van der Waals surface area contributed by atoms with E-state index < -0.39 is 31.0 Å². The molecule has 2 saturated heterocycles. The van der Waals surface area contributed by atoms with Gasteiger partial charge in [0.1, 0.15) is 6.17 Å². The Balaban J connectivity index is 1.20. The molecule has 2 N–H and O–H groups in total. The second-order valence-corrected chi connectivity index (χ2v) is 10.7. The Hall–Kier alpha value is -3.16. The van der Waals surface area contributed by atoms with Crippen LogP contribution in [0.4, 0.5) is 29.2 Å². The van der Waals surface area contributed by atoms with Gasteiger partial charge in [0.05, 0.1) is 77.9 Å². The number of piperidine rings is 1. The average Bonchev–Trinajstić information content (AvgIpc) is 3.21.